The zero-order valence-electron chi connectivity index (χ0n) is 33.1. The first-order valence-electron chi connectivity index (χ1n) is 20.2. The highest BCUT2D eigenvalue weighted by Gasteiger charge is 2.51. The fourth-order valence-corrected chi connectivity index (χ4v) is 9.52. The van der Waals surface area contributed by atoms with Gasteiger partial charge in [0.2, 0.25) is 0 Å². The predicted molar refractivity (Wildman–Crippen MR) is 239 cm³/mol. The van der Waals surface area contributed by atoms with Crippen molar-refractivity contribution in [2.24, 2.45) is 0 Å². The van der Waals surface area contributed by atoms with Crippen molar-refractivity contribution in [3.8, 4) is 78.5 Å². The van der Waals surface area contributed by atoms with Crippen LogP contribution in [0.3, 0.4) is 0 Å². The van der Waals surface area contributed by atoms with Crippen molar-refractivity contribution >= 4 is 0 Å². The Bertz CT molecular complexity index is 3070. The molecule has 0 saturated heterocycles. The van der Waals surface area contributed by atoms with E-state index in [0.717, 1.165) is 62.1 Å². The maximum Gasteiger partial charge on any atom is 0.132 e. The lowest BCUT2D eigenvalue weighted by Crippen LogP contribution is -2.32. The molecule has 3 heterocycles. The molecule has 0 atom stereocenters. The van der Waals surface area contributed by atoms with Crippen LogP contribution >= 0.6 is 0 Å². The standard InChI is InChI=1S/C55H39N3O/c1-34-32-56-33-45(35(34)2)42-17-8-7-16-41(42)40-28-29-43-49(30-40)55(46-19-9-11-22-52(46)59-53-23-12-10-20-47(53)55)48-21-13-18-44(54(43)48)51-31-50(57-36(3)58-51)39-26-24-38(25-27-39)37-14-5-4-6-15-37/h4-33H,1-3H3. The summed E-state index contributed by atoms with van der Waals surface area (Å²) in [4.78, 5) is 14.7. The number of hydrogen-bond donors (Lipinski definition) is 0. The SMILES string of the molecule is Cc1nc(-c2ccc(-c3ccccc3)cc2)cc(-c2cccc3c2-c2ccc(-c4ccccc4-c4cncc(C)c4C)cc2C32c3ccccc3Oc3ccccc32)n1. The van der Waals surface area contributed by atoms with Gasteiger partial charge in [-0.05, 0) is 106 Å². The Morgan fingerprint density at radius 2 is 1.00 bits per heavy atom. The van der Waals surface area contributed by atoms with Crippen LogP contribution in [0.1, 0.15) is 39.2 Å². The Morgan fingerprint density at radius 1 is 0.407 bits per heavy atom. The van der Waals surface area contributed by atoms with Gasteiger partial charge in [0, 0.05) is 40.2 Å². The minimum atomic E-state index is -0.657. The number of nitrogens with zero attached hydrogens (tertiary/aromatic N) is 3. The number of rotatable bonds is 5. The molecule has 1 spiro atoms. The van der Waals surface area contributed by atoms with Crippen molar-refractivity contribution < 1.29 is 4.74 Å². The Balaban J connectivity index is 1.15. The Morgan fingerprint density at radius 3 is 1.76 bits per heavy atom. The third-order valence-corrected chi connectivity index (χ3v) is 12.4. The van der Waals surface area contributed by atoms with Gasteiger partial charge < -0.3 is 4.74 Å². The molecule has 0 bridgehead atoms. The molecule has 0 unspecified atom stereocenters. The van der Waals surface area contributed by atoms with Crippen molar-refractivity contribution in [3.63, 3.8) is 0 Å². The zero-order chi connectivity index (χ0) is 39.7. The molecule has 0 N–H and O–H groups in total. The molecule has 9 aromatic rings. The first kappa shape index (κ1) is 34.8. The number of pyridine rings is 1. The third-order valence-electron chi connectivity index (χ3n) is 12.4. The first-order valence-corrected chi connectivity index (χ1v) is 20.2. The van der Waals surface area contributed by atoms with Crippen molar-refractivity contribution in [1.29, 1.82) is 0 Å². The summed E-state index contributed by atoms with van der Waals surface area (Å²) in [5.41, 5.74) is 19.7. The van der Waals surface area contributed by atoms with Gasteiger partial charge in [-0.2, -0.15) is 0 Å². The maximum atomic E-state index is 6.71. The summed E-state index contributed by atoms with van der Waals surface area (Å²) >= 11 is 0. The van der Waals surface area contributed by atoms with E-state index in [0.29, 0.717) is 0 Å². The van der Waals surface area contributed by atoms with E-state index >= 15 is 0 Å². The summed E-state index contributed by atoms with van der Waals surface area (Å²) in [5.74, 6) is 2.45. The average molecular weight is 758 g/mol. The van der Waals surface area contributed by atoms with Crippen LogP contribution in [0, 0.1) is 20.8 Å². The molecule has 1 aliphatic heterocycles. The number of aryl methyl sites for hydroxylation is 2. The molecule has 0 fully saturated rings. The molecule has 1 aliphatic carbocycles. The van der Waals surface area contributed by atoms with Gasteiger partial charge in [-0.1, -0.05) is 146 Å². The van der Waals surface area contributed by atoms with Crippen LogP contribution in [0.2, 0.25) is 0 Å². The third kappa shape index (κ3) is 5.40. The van der Waals surface area contributed by atoms with Gasteiger partial charge in [-0.25, -0.2) is 9.97 Å². The summed E-state index contributed by atoms with van der Waals surface area (Å²) in [6.45, 7) is 6.31. The van der Waals surface area contributed by atoms with E-state index in [1.807, 2.05) is 25.4 Å². The van der Waals surface area contributed by atoms with Crippen LogP contribution in [-0.4, -0.2) is 15.0 Å². The largest absolute Gasteiger partial charge is 0.457 e. The summed E-state index contributed by atoms with van der Waals surface area (Å²) in [6, 6.07) is 60.9. The van der Waals surface area contributed by atoms with Crippen LogP contribution in [0.25, 0.3) is 67.0 Å². The van der Waals surface area contributed by atoms with Gasteiger partial charge in [0.05, 0.1) is 16.8 Å². The summed E-state index contributed by atoms with van der Waals surface area (Å²) < 4.78 is 6.71. The highest BCUT2D eigenvalue weighted by Crippen LogP contribution is 2.63. The number of fused-ring (bicyclic) bond motifs is 9. The van der Waals surface area contributed by atoms with Crippen LogP contribution in [0.15, 0.2) is 182 Å². The monoisotopic (exact) mass is 757 g/mol. The lowest BCUT2D eigenvalue weighted by atomic mass is 9.65. The van der Waals surface area contributed by atoms with Gasteiger partial charge in [0.15, 0.2) is 0 Å². The number of hydrogen-bond acceptors (Lipinski definition) is 4. The predicted octanol–water partition coefficient (Wildman–Crippen LogP) is 13.6. The van der Waals surface area contributed by atoms with Crippen molar-refractivity contribution in [2.75, 3.05) is 0 Å². The minimum Gasteiger partial charge on any atom is -0.457 e. The van der Waals surface area contributed by atoms with Crippen molar-refractivity contribution in [2.45, 2.75) is 26.2 Å². The molecule has 11 rings (SSSR count). The van der Waals surface area contributed by atoms with E-state index in [4.69, 9.17) is 14.7 Å². The van der Waals surface area contributed by atoms with Crippen LogP contribution in [0.4, 0.5) is 0 Å². The molecule has 59 heavy (non-hydrogen) atoms. The van der Waals surface area contributed by atoms with E-state index in [2.05, 4.69) is 183 Å². The molecule has 0 saturated carbocycles. The van der Waals surface area contributed by atoms with Gasteiger partial charge in [-0.3, -0.25) is 4.98 Å². The normalized spacial score (nSPS) is 12.9. The number of aromatic nitrogens is 3. The molecular weight excluding hydrogens is 719 g/mol. The minimum absolute atomic E-state index is 0.657. The van der Waals surface area contributed by atoms with Crippen LogP contribution in [-0.2, 0) is 5.41 Å². The molecule has 7 aromatic carbocycles. The Labute approximate surface area is 344 Å². The zero-order valence-corrected chi connectivity index (χ0v) is 33.1. The van der Waals surface area contributed by atoms with Gasteiger partial charge >= 0.3 is 0 Å². The second-order valence-corrected chi connectivity index (χ2v) is 15.6. The molecule has 4 nitrogen and oxygen atoms in total. The van der Waals surface area contributed by atoms with Crippen LogP contribution in [0.5, 0.6) is 11.5 Å². The number of para-hydroxylation sites is 2. The van der Waals surface area contributed by atoms with Crippen molar-refractivity contribution in [3.05, 3.63) is 221 Å². The highest BCUT2D eigenvalue weighted by molar-refractivity contribution is 5.98. The number of benzene rings is 7. The maximum absolute atomic E-state index is 6.71. The lowest BCUT2D eigenvalue weighted by molar-refractivity contribution is 0.436. The quantitative estimate of drug-likeness (QED) is 0.175. The van der Waals surface area contributed by atoms with E-state index in [1.54, 1.807) is 0 Å². The Hall–Kier alpha value is -7.43. The molecule has 2 aromatic heterocycles. The van der Waals surface area contributed by atoms with Crippen molar-refractivity contribution in [1.82, 2.24) is 15.0 Å². The second-order valence-electron chi connectivity index (χ2n) is 15.6. The van der Waals surface area contributed by atoms with Gasteiger partial charge in [0.1, 0.15) is 17.3 Å². The van der Waals surface area contributed by atoms with E-state index in [9.17, 15) is 0 Å². The lowest BCUT2D eigenvalue weighted by Gasteiger charge is -2.39. The molecular formula is C55H39N3O. The van der Waals surface area contributed by atoms with E-state index in [1.165, 1.54) is 55.6 Å². The van der Waals surface area contributed by atoms with Gasteiger partial charge in [-0.15, -0.1) is 0 Å². The Kier molecular flexibility index (Phi) is 8.02. The summed E-state index contributed by atoms with van der Waals surface area (Å²) in [5, 5.41) is 0. The fraction of sp³-hybridized carbons (Fsp3) is 0.0727. The first-order chi connectivity index (χ1) is 29.0. The second kappa shape index (κ2) is 13.6. The average Bonchev–Trinajstić information content (AvgIpc) is 3.57. The summed E-state index contributed by atoms with van der Waals surface area (Å²) in [6.07, 6.45) is 3.94. The molecule has 2 aliphatic rings. The molecule has 0 radical (unpaired) electrons. The molecule has 280 valence electrons. The van der Waals surface area contributed by atoms with E-state index in [-0.39, 0.29) is 0 Å². The summed E-state index contributed by atoms with van der Waals surface area (Å²) in [7, 11) is 0. The molecule has 4 heteroatoms. The van der Waals surface area contributed by atoms with Gasteiger partial charge in [0.25, 0.3) is 0 Å². The fourth-order valence-electron chi connectivity index (χ4n) is 9.52. The number of ether oxygens (including phenoxy) is 1. The molecule has 0 amide bonds. The smallest absolute Gasteiger partial charge is 0.132 e. The highest BCUT2D eigenvalue weighted by atomic mass is 16.5. The topological polar surface area (TPSA) is 47.9 Å². The van der Waals surface area contributed by atoms with Crippen LogP contribution < -0.4 is 4.74 Å². The van der Waals surface area contributed by atoms with E-state index < -0.39 is 5.41 Å².